The number of hydrogen-bond donors (Lipinski definition) is 2. The maximum Gasteiger partial charge on any atom is 0.417 e. The number of carbonyl (C=O) groups is 1. The van der Waals surface area contributed by atoms with Gasteiger partial charge in [0, 0.05) is 11.6 Å². The van der Waals surface area contributed by atoms with Crippen LogP contribution in [0.15, 0.2) is 36.4 Å². The molecular weight excluding hydrogens is 572 g/mol. The lowest BCUT2D eigenvalue weighted by Gasteiger charge is -2.23. The van der Waals surface area contributed by atoms with Crippen LogP contribution in [-0.4, -0.2) is 18.1 Å². The molecule has 13 heteroatoms. The number of benzene rings is 2. The van der Waals surface area contributed by atoms with Crippen LogP contribution in [0.1, 0.15) is 65.1 Å². The van der Waals surface area contributed by atoms with Gasteiger partial charge in [0.05, 0.1) is 26.2 Å². The zero-order valence-electron chi connectivity index (χ0n) is 18.8. The van der Waals surface area contributed by atoms with Gasteiger partial charge >= 0.3 is 12.4 Å². The Balaban J connectivity index is 1.95. The molecule has 3 nitrogen and oxygen atoms in total. The third kappa shape index (κ3) is 7.52. The number of nitrogens with one attached hydrogen (secondary N) is 2. The van der Waals surface area contributed by atoms with Gasteiger partial charge in [-0.05, 0) is 48.7 Å². The molecule has 0 aromatic heterocycles. The summed E-state index contributed by atoms with van der Waals surface area (Å²) in [5.74, 6) is -5.30. The fourth-order valence-corrected chi connectivity index (χ4v) is 4.60. The summed E-state index contributed by atoms with van der Waals surface area (Å²) in [6, 6.07) is 3.38. The molecule has 1 aliphatic carbocycles. The molecule has 0 radical (unpaired) electrons. The molecule has 2 N–H and O–H groups in total. The predicted molar refractivity (Wildman–Crippen MR) is 128 cm³/mol. The van der Waals surface area contributed by atoms with Crippen LogP contribution < -0.4 is 10.9 Å². The maximum atomic E-state index is 15.0. The summed E-state index contributed by atoms with van der Waals surface area (Å²) in [6.45, 7) is 0. The average Bonchev–Trinajstić information content (AvgIpc) is 2.83. The van der Waals surface area contributed by atoms with E-state index >= 15 is 0 Å². The minimum Gasteiger partial charge on any atom is -0.287 e. The number of hydrazine groups is 1. The minimum atomic E-state index is -5.09. The third-order valence-corrected chi connectivity index (χ3v) is 7.07. The Bertz CT molecular complexity index is 1150. The van der Waals surface area contributed by atoms with Crippen LogP contribution in [0.3, 0.4) is 0 Å². The van der Waals surface area contributed by atoms with Crippen LogP contribution in [0.4, 0.5) is 30.7 Å². The molecule has 37 heavy (non-hydrogen) atoms. The first-order valence-corrected chi connectivity index (χ1v) is 12.2. The molecule has 0 heterocycles. The maximum absolute atomic E-state index is 15.0. The van der Waals surface area contributed by atoms with Gasteiger partial charge in [-0.1, -0.05) is 60.1 Å². The van der Waals surface area contributed by atoms with Crippen LogP contribution in [0.2, 0.25) is 15.1 Å². The van der Waals surface area contributed by atoms with Crippen molar-refractivity contribution in [3.63, 3.8) is 0 Å². The molecule has 1 amide bonds. The monoisotopic (exact) mass is 590 g/mol. The Morgan fingerprint density at radius 3 is 2.08 bits per heavy atom. The highest BCUT2D eigenvalue weighted by atomic mass is 35.5. The fraction of sp³-hybridized carbons (Fsp3) is 0.375. The lowest BCUT2D eigenvalue weighted by atomic mass is 9.95. The highest BCUT2D eigenvalue weighted by molar-refractivity contribution is 6.48. The number of amides is 1. The van der Waals surface area contributed by atoms with Gasteiger partial charge in [0.15, 0.2) is 0 Å². The van der Waals surface area contributed by atoms with Crippen molar-refractivity contribution in [1.29, 1.82) is 0 Å². The second-order valence-corrected chi connectivity index (χ2v) is 9.72. The molecule has 0 bridgehead atoms. The zero-order valence-corrected chi connectivity index (χ0v) is 21.1. The zero-order chi connectivity index (χ0) is 27.5. The molecule has 202 valence electrons. The van der Waals surface area contributed by atoms with E-state index in [-0.39, 0.29) is 33.3 Å². The molecule has 1 aliphatic rings. The van der Waals surface area contributed by atoms with Crippen molar-refractivity contribution in [2.24, 2.45) is 0 Å². The molecule has 0 spiro atoms. The van der Waals surface area contributed by atoms with E-state index in [2.05, 4.69) is 10.9 Å². The second kappa shape index (κ2) is 11.8. The predicted octanol–water partition coefficient (Wildman–Crippen LogP) is 8.89. The summed E-state index contributed by atoms with van der Waals surface area (Å²) in [4.78, 5) is 12.5. The van der Waals surface area contributed by atoms with Crippen LogP contribution in [0, 0.1) is 0 Å². The van der Waals surface area contributed by atoms with Crippen molar-refractivity contribution in [2.75, 3.05) is 0 Å². The van der Waals surface area contributed by atoms with Gasteiger partial charge in [-0.2, -0.15) is 26.3 Å². The van der Waals surface area contributed by atoms with E-state index < -0.39 is 52.3 Å². The number of hydrogen-bond acceptors (Lipinski definition) is 2. The molecule has 0 aliphatic heterocycles. The van der Waals surface area contributed by atoms with Crippen molar-refractivity contribution < 1.29 is 35.5 Å². The van der Waals surface area contributed by atoms with Gasteiger partial charge in [0.25, 0.3) is 5.91 Å². The van der Waals surface area contributed by atoms with E-state index in [4.69, 9.17) is 34.8 Å². The number of halogens is 10. The third-order valence-electron chi connectivity index (χ3n) is 5.87. The van der Waals surface area contributed by atoms with Gasteiger partial charge in [-0.15, -0.1) is 0 Å². The van der Waals surface area contributed by atoms with E-state index in [0.29, 0.717) is 6.07 Å². The van der Waals surface area contributed by atoms with Gasteiger partial charge in [0.2, 0.25) is 0 Å². The van der Waals surface area contributed by atoms with E-state index in [9.17, 15) is 35.5 Å². The number of alkyl halides is 6. The lowest BCUT2D eigenvalue weighted by Crippen LogP contribution is -2.45. The summed E-state index contributed by atoms with van der Waals surface area (Å²) < 4.78 is 97.4. The van der Waals surface area contributed by atoms with Gasteiger partial charge in [0.1, 0.15) is 11.7 Å². The van der Waals surface area contributed by atoms with E-state index in [1.807, 2.05) is 0 Å². The number of allylic oxidation sites excluding steroid dienone is 1. The largest absolute Gasteiger partial charge is 0.417 e. The summed E-state index contributed by atoms with van der Waals surface area (Å²) in [7, 11) is 0. The summed E-state index contributed by atoms with van der Waals surface area (Å²) in [5.41, 5.74) is 1.26. The van der Waals surface area contributed by atoms with Crippen molar-refractivity contribution in [1.82, 2.24) is 10.9 Å². The van der Waals surface area contributed by atoms with Crippen LogP contribution in [0.25, 0.3) is 5.83 Å². The van der Waals surface area contributed by atoms with E-state index in [1.165, 1.54) is 0 Å². The molecule has 1 fully saturated rings. The molecule has 1 unspecified atom stereocenters. The molecular formula is C24H20Cl3F7N2O. The number of rotatable bonds is 6. The highest BCUT2D eigenvalue weighted by Gasteiger charge is 2.41. The van der Waals surface area contributed by atoms with Crippen molar-refractivity contribution in [3.8, 4) is 0 Å². The van der Waals surface area contributed by atoms with Crippen molar-refractivity contribution in [3.05, 3.63) is 73.7 Å². The van der Waals surface area contributed by atoms with Crippen molar-refractivity contribution >= 4 is 46.5 Å². The SMILES string of the molecule is O=C(NNC1CCCCC1)c1ccc(/C(F)=C/C(c2cc(Cl)c(Cl)c(Cl)c2)C(F)(F)F)cc1C(F)(F)F. The van der Waals surface area contributed by atoms with Crippen molar-refractivity contribution in [2.45, 2.75) is 56.4 Å². The van der Waals surface area contributed by atoms with Gasteiger partial charge in [-0.25, -0.2) is 9.82 Å². The minimum absolute atomic E-state index is 0.0964. The summed E-state index contributed by atoms with van der Waals surface area (Å²) >= 11 is 17.3. The Morgan fingerprint density at radius 1 is 0.946 bits per heavy atom. The topological polar surface area (TPSA) is 41.1 Å². The summed E-state index contributed by atoms with van der Waals surface area (Å²) in [5, 5.41) is -0.841. The van der Waals surface area contributed by atoms with Gasteiger partial charge < -0.3 is 0 Å². The van der Waals surface area contributed by atoms with Crippen LogP contribution in [0.5, 0.6) is 0 Å². The van der Waals surface area contributed by atoms with E-state index in [0.717, 1.165) is 50.3 Å². The van der Waals surface area contributed by atoms with Crippen LogP contribution in [-0.2, 0) is 6.18 Å². The Kier molecular flexibility index (Phi) is 9.42. The quantitative estimate of drug-likeness (QED) is 0.200. The first-order valence-electron chi connectivity index (χ1n) is 11.0. The normalized spacial score (nSPS) is 16.5. The second-order valence-electron chi connectivity index (χ2n) is 8.52. The Morgan fingerprint density at radius 2 is 1.54 bits per heavy atom. The molecule has 2 aromatic rings. The number of carbonyl (C=O) groups excluding carboxylic acids is 1. The average molecular weight is 592 g/mol. The Hall–Kier alpha value is -2.01. The first-order chi connectivity index (χ1) is 17.2. The standard InChI is InChI=1S/C24H20Cl3F7N2O/c25-18-9-13(10-19(26)21(18)27)16(23(29,30)31)11-20(28)12-6-7-15(17(8-12)24(32,33)34)22(37)36-35-14-4-2-1-3-5-14/h6-11,14,16,35H,1-5H2,(H,36,37)/b20-11-. The molecule has 0 saturated heterocycles. The molecule has 1 saturated carbocycles. The molecule has 3 rings (SSSR count). The summed E-state index contributed by atoms with van der Waals surface area (Å²) in [6.07, 6.45) is -5.70. The fourth-order valence-electron chi connectivity index (χ4n) is 3.98. The Labute approximate surface area is 222 Å². The smallest absolute Gasteiger partial charge is 0.287 e. The highest BCUT2D eigenvalue weighted by Crippen LogP contribution is 2.42. The molecule has 1 atom stereocenters. The lowest BCUT2D eigenvalue weighted by molar-refractivity contribution is -0.140. The molecule has 2 aromatic carbocycles. The first kappa shape index (κ1) is 29.5. The van der Waals surface area contributed by atoms with Crippen LogP contribution >= 0.6 is 34.8 Å². The van der Waals surface area contributed by atoms with Gasteiger partial charge in [-0.3, -0.25) is 10.2 Å². The van der Waals surface area contributed by atoms with E-state index in [1.54, 1.807) is 0 Å².